The molecule has 32 heavy (non-hydrogen) atoms. The van der Waals surface area contributed by atoms with Crippen LogP contribution in [-0.4, -0.2) is 33.1 Å². The predicted molar refractivity (Wildman–Crippen MR) is 124 cm³/mol. The number of rotatable bonds is 7. The van der Waals surface area contributed by atoms with Crippen LogP contribution in [0.5, 0.6) is 0 Å². The molecular formula is C23H23ClN4O4. The SMILES string of the molecule is CC(=O)Nc1cccc(NC(=O)Cn2c(-c3ccc(Cl)cc3)nc(C)c(CCO)c2=O)c1. The molecule has 0 unspecified atom stereocenters. The summed E-state index contributed by atoms with van der Waals surface area (Å²) in [6.07, 6.45) is 0.138. The second-order valence-electron chi connectivity index (χ2n) is 7.18. The highest BCUT2D eigenvalue weighted by molar-refractivity contribution is 6.30. The Balaban J connectivity index is 1.96. The van der Waals surface area contributed by atoms with Crippen molar-refractivity contribution in [3.05, 3.63) is 75.2 Å². The number of amides is 2. The molecule has 166 valence electrons. The third kappa shape index (κ3) is 5.60. The number of aryl methyl sites for hydroxylation is 1. The molecule has 0 saturated carbocycles. The number of benzene rings is 2. The molecule has 2 amide bonds. The monoisotopic (exact) mass is 454 g/mol. The van der Waals surface area contributed by atoms with Crippen LogP contribution in [0, 0.1) is 6.92 Å². The van der Waals surface area contributed by atoms with E-state index in [9.17, 15) is 19.5 Å². The number of halogens is 1. The predicted octanol–water partition coefficient (Wildman–Crippen LogP) is 3.00. The van der Waals surface area contributed by atoms with Crippen molar-refractivity contribution in [3.8, 4) is 11.4 Å². The number of carbonyl (C=O) groups is 2. The van der Waals surface area contributed by atoms with Gasteiger partial charge in [-0.15, -0.1) is 0 Å². The molecule has 0 fully saturated rings. The summed E-state index contributed by atoms with van der Waals surface area (Å²) in [6.45, 7) is 2.60. The van der Waals surface area contributed by atoms with Crippen LogP contribution in [-0.2, 0) is 22.6 Å². The van der Waals surface area contributed by atoms with E-state index in [4.69, 9.17) is 11.6 Å². The molecule has 0 aliphatic carbocycles. The third-order valence-electron chi connectivity index (χ3n) is 4.70. The van der Waals surface area contributed by atoms with Gasteiger partial charge in [0.25, 0.3) is 5.56 Å². The van der Waals surface area contributed by atoms with Crippen molar-refractivity contribution in [2.75, 3.05) is 17.2 Å². The number of hydrogen-bond donors (Lipinski definition) is 3. The second-order valence-corrected chi connectivity index (χ2v) is 7.62. The Labute approximate surface area is 189 Å². The zero-order chi connectivity index (χ0) is 23.3. The Morgan fingerprint density at radius 2 is 1.75 bits per heavy atom. The number of aromatic nitrogens is 2. The van der Waals surface area contributed by atoms with Crippen molar-refractivity contribution in [1.82, 2.24) is 9.55 Å². The molecule has 1 aromatic heterocycles. The van der Waals surface area contributed by atoms with Crippen LogP contribution in [0.1, 0.15) is 18.2 Å². The maximum Gasteiger partial charge on any atom is 0.257 e. The van der Waals surface area contributed by atoms with Crippen molar-refractivity contribution < 1.29 is 14.7 Å². The van der Waals surface area contributed by atoms with E-state index < -0.39 is 11.5 Å². The summed E-state index contributed by atoms with van der Waals surface area (Å²) in [5, 5.41) is 15.3. The first kappa shape index (κ1) is 23.2. The minimum Gasteiger partial charge on any atom is -0.396 e. The lowest BCUT2D eigenvalue weighted by Crippen LogP contribution is -2.33. The van der Waals surface area contributed by atoms with Gasteiger partial charge in [-0.2, -0.15) is 0 Å². The van der Waals surface area contributed by atoms with Crippen molar-refractivity contribution in [2.24, 2.45) is 0 Å². The van der Waals surface area contributed by atoms with Gasteiger partial charge < -0.3 is 15.7 Å². The van der Waals surface area contributed by atoms with Gasteiger partial charge in [0.15, 0.2) is 0 Å². The van der Waals surface area contributed by atoms with Gasteiger partial charge >= 0.3 is 0 Å². The lowest BCUT2D eigenvalue weighted by atomic mass is 10.1. The fourth-order valence-electron chi connectivity index (χ4n) is 3.29. The summed E-state index contributed by atoms with van der Waals surface area (Å²) < 4.78 is 1.29. The molecule has 0 atom stereocenters. The van der Waals surface area contributed by atoms with E-state index in [2.05, 4.69) is 15.6 Å². The largest absolute Gasteiger partial charge is 0.396 e. The third-order valence-corrected chi connectivity index (χ3v) is 4.95. The molecule has 0 bridgehead atoms. The molecule has 3 aromatic rings. The van der Waals surface area contributed by atoms with Crippen molar-refractivity contribution in [2.45, 2.75) is 26.8 Å². The van der Waals surface area contributed by atoms with Crippen LogP contribution >= 0.6 is 11.6 Å². The van der Waals surface area contributed by atoms with Crippen LogP contribution in [0.4, 0.5) is 11.4 Å². The average Bonchev–Trinajstić information content (AvgIpc) is 2.73. The van der Waals surface area contributed by atoms with Crippen molar-refractivity contribution in [3.63, 3.8) is 0 Å². The first-order chi connectivity index (χ1) is 15.3. The van der Waals surface area contributed by atoms with E-state index in [0.717, 1.165) is 0 Å². The lowest BCUT2D eigenvalue weighted by Gasteiger charge is -2.16. The maximum absolute atomic E-state index is 13.2. The highest BCUT2D eigenvalue weighted by atomic mass is 35.5. The first-order valence-electron chi connectivity index (χ1n) is 9.93. The van der Waals surface area contributed by atoms with E-state index in [1.165, 1.54) is 11.5 Å². The molecule has 3 rings (SSSR count). The number of carbonyl (C=O) groups excluding carboxylic acids is 2. The fraction of sp³-hybridized carbons (Fsp3) is 0.217. The van der Waals surface area contributed by atoms with Gasteiger partial charge in [-0.25, -0.2) is 4.98 Å². The summed E-state index contributed by atoms with van der Waals surface area (Å²) in [7, 11) is 0. The Morgan fingerprint density at radius 1 is 1.09 bits per heavy atom. The molecule has 0 aliphatic rings. The number of anilines is 2. The van der Waals surface area contributed by atoms with Gasteiger partial charge in [-0.1, -0.05) is 17.7 Å². The lowest BCUT2D eigenvalue weighted by molar-refractivity contribution is -0.117. The van der Waals surface area contributed by atoms with Gasteiger partial charge in [0.2, 0.25) is 11.8 Å². The molecule has 2 aromatic carbocycles. The standard InChI is InChI=1S/C23H23ClN4O4/c1-14-20(10-11-29)23(32)28(22(25-14)16-6-8-17(24)9-7-16)13-21(31)27-19-5-3-4-18(12-19)26-15(2)30/h3-9,12,29H,10-11,13H2,1-2H3,(H,26,30)(H,27,31). The number of aliphatic hydroxyl groups is 1. The summed E-state index contributed by atoms with van der Waals surface area (Å²) >= 11 is 5.98. The van der Waals surface area contributed by atoms with Crippen LogP contribution < -0.4 is 16.2 Å². The number of nitrogens with one attached hydrogen (secondary N) is 2. The minimum absolute atomic E-state index is 0.138. The minimum atomic E-state index is -0.442. The smallest absolute Gasteiger partial charge is 0.257 e. The van der Waals surface area contributed by atoms with E-state index in [1.54, 1.807) is 55.5 Å². The van der Waals surface area contributed by atoms with Crippen LogP contribution in [0.25, 0.3) is 11.4 Å². The highest BCUT2D eigenvalue weighted by Gasteiger charge is 2.18. The zero-order valence-electron chi connectivity index (χ0n) is 17.7. The number of aliphatic hydroxyl groups excluding tert-OH is 1. The molecule has 1 heterocycles. The zero-order valence-corrected chi connectivity index (χ0v) is 18.4. The quantitative estimate of drug-likeness (QED) is 0.508. The van der Waals surface area contributed by atoms with E-state index in [0.29, 0.717) is 39.0 Å². The summed E-state index contributed by atoms with van der Waals surface area (Å²) in [5.41, 5.74) is 2.10. The Hall–Kier alpha value is -3.49. The van der Waals surface area contributed by atoms with E-state index in [1.807, 2.05) is 0 Å². The molecule has 0 saturated heterocycles. The van der Waals surface area contributed by atoms with Crippen LogP contribution in [0.3, 0.4) is 0 Å². The molecule has 0 aliphatic heterocycles. The van der Waals surface area contributed by atoms with Gasteiger partial charge in [0, 0.05) is 53.2 Å². The molecule has 3 N–H and O–H groups in total. The molecule has 8 nitrogen and oxygen atoms in total. The highest BCUT2D eigenvalue weighted by Crippen LogP contribution is 2.21. The number of hydrogen-bond acceptors (Lipinski definition) is 5. The summed E-state index contributed by atoms with van der Waals surface area (Å²) in [5.74, 6) is -0.342. The fourth-order valence-corrected chi connectivity index (χ4v) is 3.41. The first-order valence-corrected chi connectivity index (χ1v) is 10.3. The van der Waals surface area contributed by atoms with E-state index >= 15 is 0 Å². The molecule has 0 radical (unpaired) electrons. The Morgan fingerprint density at radius 3 is 2.38 bits per heavy atom. The molecular weight excluding hydrogens is 432 g/mol. The topological polar surface area (TPSA) is 113 Å². The van der Waals surface area contributed by atoms with Gasteiger partial charge in [-0.3, -0.25) is 19.0 Å². The molecule has 9 heteroatoms. The van der Waals surface area contributed by atoms with Gasteiger partial charge in [0.1, 0.15) is 12.4 Å². The van der Waals surface area contributed by atoms with E-state index in [-0.39, 0.29) is 25.5 Å². The summed E-state index contributed by atoms with van der Waals surface area (Å²) in [4.78, 5) is 41.8. The summed E-state index contributed by atoms with van der Waals surface area (Å²) in [6, 6.07) is 13.5. The normalized spacial score (nSPS) is 10.6. The van der Waals surface area contributed by atoms with Crippen molar-refractivity contribution >= 4 is 34.8 Å². The van der Waals surface area contributed by atoms with Gasteiger partial charge in [-0.05, 0) is 49.4 Å². The number of nitrogens with zero attached hydrogens (tertiary/aromatic N) is 2. The van der Waals surface area contributed by atoms with Crippen LogP contribution in [0.2, 0.25) is 5.02 Å². The van der Waals surface area contributed by atoms with Crippen LogP contribution in [0.15, 0.2) is 53.3 Å². The molecule has 0 spiro atoms. The van der Waals surface area contributed by atoms with Crippen molar-refractivity contribution in [1.29, 1.82) is 0 Å². The van der Waals surface area contributed by atoms with Gasteiger partial charge in [0.05, 0.1) is 0 Å². The Kier molecular flexibility index (Phi) is 7.40. The Bertz CT molecular complexity index is 1210. The average molecular weight is 455 g/mol. The second kappa shape index (κ2) is 10.2. The maximum atomic E-state index is 13.2.